The molecular weight excluding hydrogens is 404 g/mol. The summed E-state index contributed by atoms with van der Waals surface area (Å²) in [5.41, 5.74) is 3.58. The number of aryl methyl sites for hydroxylation is 1. The van der Waals surface area contributed by atoms with E-state index in [-0.39, 0.29) is 6.04 Å². The number of morpholine rings is 1. The zero-order valence-electron chi connectivity index (χ0n) is 19.7. The molecule has 7 nitrogen and oxygen atoms in total. The Morgan fingerprint density at radius 2 is 1.88 bits per heavy atom. The van der Waals surface area contributed by atoms with Crippen LogP contribution in [0.3, 0.4) is 0 Å². The molecular formula is C25H36N4O3. The SMILES string of the molecule is CCOc1ccc(CNC(=NC)NCC(c2ccc(OC)cc2)N2CCOCC2)cc1C. The maximum absolute atomic E-state index is 5.64. The zero-order valence-corrected chi connectivity index (χ0v) is 19.7. The van der Waals surface area contributed by atoms with Crippen molar-refractivity contribution in [3.05, 3.63) is 59.2 Å². The maximum atomic E-state index is 5.64. The van der Waals surface area contributed by atoms with Crippen LogP contribution in [0.4, 0.5) is 0 Å². The van der Waals surface area contributed by atoms with Crippen molar-refractivity contribution < 1.29 is 14.2 Å². The summed E-state index contributed by atoms with van der Waals surface area (Å²) in [6, 6.07) is 14.8. The maximum Gasteiger partial charge on any atom is 0.191 e. The normalized spacial score (nSPS) is 15.8. The predicted octanol–water partition coefficient (Wildman–Crippen LogP) is 3.14. The van der Waals surface area contributed by atoms with Crippen molar-refractivity contribution >= 4 is 5.96 Å². The van der Waals surface area contributed by atoms with Crippen molar-refractivity contribution in [3.63, 3.8) is 0 Å². The lowest BCUT2D eigenvalue weighted by Gasteiger charge is -2.35. The molecule has 174 valence electrons. The fourth-order valence-electron chi connectivity index (χ4n) is 3.91. The van der Waals surface area contributed by atoms with E-state index in [4.69, 9.17) is 14.2 Å². The third-order valence-electron chi connectivity index (χ3n) is 5.67. The van der Waals surface area contributed by atoms with Crippen LogP contribution in [0.15, 0.2) is 47.5 Å². The summed E-state index contributed by atoms with van der Waals surface area (Å²) < 4.78 is 16.5. The third-order valence-corrected chi connectivity index (χ3v) is 5.67. The van der Waals surface area contributed by atoms with Gasteiger partial charge >= 0.3 is 0 Å². The van der Waals surface area contributed by atoms with Crippen LogP contribution in [0.1, 0.15) is 29.7 Å². The Bertz CT molecular complexity index is 864. The number of ether oxygens (including phenoxy) is 3. The lowest BCUT2D eigenvalue weighted by Crippen LogP contribution is -2.46. The number of benzene rings is 2. The van der Waals surface area contributed by atoms with Crippen LogP contribution in [-0.4, -0.2) is 64.5 Å². The summed E-state index contributed by atoms with van der Waals surface area (Å²) in [5.74, 6) is 2.58. The first-order chi connectivity index (χ1) is 15.6. The molecule has 3 rings (SSSR count). The lowest BCUT2D eigenvalue weighted by molar-refractivity contribution is 0.0170. The van der Waals surface area contributed by atoms with Gasteiger partial charge in [0.05, 0.1) is 33.0 Å². The largest absolute Gasteiger partial charge is 0.497 e. The van der Waals surface area contributed by atoms with Gasteiger partial charge in [0.15, 0.2) is 5.96 Å². The summed E-state index contributed by atoms with van der Waals surface area (Å²) >= 11 is 0. The van der Waals surface area contributed by atoms with Gasteiger partial charge in [-0.2, -0.15) is 0 Å². The molecule has 0 saturated carbocycles. The van der Waals surface area contributed by atoms with Crippen LogP contribution in [0.25, 0.3) is 0 Å². The molecule has 0 spiro atoms. The highest BCUT2D eigenvalue weighted by molar-refractivity contribution is 5.79. The minimum atomic E-state index is 0.219. The van der Waals surface area contributed by atoms with Crippen LogP contribution >= 0.6 is 0 Å². The van der Waals surface area contributed by atoms with E-state index in [2.05, 4.69) is 51.7 Å². The molecule has 0 aliphatic carbocycles. The van der Waals surface area contributed by atoms with Crippen molar-refractivity contribution in [2.45, 2.75) is 26.4 Å². The van der Waals surface area contributed by atoms with E-state index in [1.54, 1.807) is 14.2 Å². The van der Waals surface area contributed by atoms with E-state index >= 15 is 0 Å². The number of rotatable bonds is 9. The lowest BCUT2D eigenvalue weighted by atomic mass is 10.0. The van der Waals surface area contributed by atoms with E-state index in [0.29, 0.717) is 13.2 Å². The molecule has 1 aliphatic rings. The van der Waals surface area contributed by atoms with Gasteiger partial charge in [-0.05, 0) is 48.7 Å². The molecule has 1 atom stereocenters. The molecule has 2 aromatic rings. The van der Waals surface area contributed by atoms with Crippen molar-refractivity contribution in [1.29, 1.82) is 0 Å². The van der Waals surface area contributed by atoms with Gasteiger partial charge in [-0.15, -0.1) is 0 Å². The Balaban J connectivity index is 1.62. The topological polar surface area (TPSA) is 67.3 Å². The summed E-state index contributed by atoms with van der Waals surface area (Å²) in [5, 5.41) is 6.94. The molecule has 7 heteroatoms. The molecule has 0 amide bonds. The van der Waals surface area contributed by atoms with E-state index in [1.165, 1.54) is 11.1 Å². The average Bonchev–Trinajstić information content (AvgIpc) is 2.84. The molecule has 1 heterocycles. The highest BCUT2D eigenvalue weighted by atomic mass is 16.5. The number of methoxy groups -OCH3 is 1. The fraction of sp³-hybridized carbons (Fsp3) is 0.480. The summed E-state index contributed by atoms with van der Waals surface area (Å²) in [4.78, 5) is 6.88. The minimum Gasteiger partial charge on any atom is -0.497 e. The highest BCUT2D eigenvalue weighted by Gasteiger charge is 2.23. The molecule has 1 saturated heterocycles. The first-order valence-corrected chi connectivity index (χ1v) is 11.3. The first kappa shape index (κ1) is 23.9. The van der Waals surface area contributed by atoms with E-state index < -0.39 is 0 Å². The van der Waals surface area contributed by atoms with Crippen molar-refractivity contribution in [1.82, 2.24) is 15.5 Å². The van der Waals surface area contributed by atoms with E-state index in [9.17, 15) is 0 Å². The zero-order chi connectivity index (χ0) is 22.8. The monoisotopic (exact) mass is 440 g/mol. The molecule has 2 N–H and O–H groups in total. The van der Waals surface area contributed by atoms with Crippen LogP contribution in [0.2, 0.25) is 0 Å². The number of nitrogens with one attached hydrogen (secondary N) is 2. The molecule has 0 radical (unpaired) electrons. The van der Waals surface area contributed by atoms with Gasteiger partial charge in [-0.3, -0.25) is 9.89 Å². The van der Waals surface area contributed by atoms with Crippen LogP contribution in [0.5, 0.6) is 11.5 Å². The Morgan fingerprint density at radius 3 is 2.50 bits per heavy atom. The first-order valence-electron chi connectivity index (χ1n) is 11.3. The Hall–Kier alpha value is -2.77. The molecule has 1 fully saturated rings. The smallest absolute Gasteiger partial charge is 0.191 e. The quantitative estimate of drug-likeness (QED) is 0.461. The second-order valence-electron chi connectivity index (χ2n) is 7.78. The molecule has 0 bridgehead atoms. The summed E-state index contributed by atoms with van der Waals surface area (Å²) in [6.45, 7) is 9.53. The van der Waals surface area contributed by atoms with Gasteiger partial charge in [0.25, 0.3) is 0 Å². The van der Waals surface area contributed by atoms with E-state index in [0.717, 1.165) is 55.9 Å². The van der Waals surface area contributed by atoms with E-state index in [1.807, 2.05) is 25.1 Å². The van der Waals surface area contributed by atoms with Crippen molar-refractivity contribution in [3.8, 4) is 11.5 Å². The summed E-state index contributed by atoms with van der Waals surface area (Å²) in [7, 11) is 3.49. The fourth-order valence-corrected chi connectivity index (χ4v) is 3.91. The highest BCUT2D eigenvalue weighted by Crippen LogP contribution is 2.24. The molecule has 0 aromatic heterocycles. The van der Waals surface area contributed by atoms with Gasteiger partial charge < -0.3 is 24.8 Å². The second-order valence-corrected chi connectivity index (χ2v) is 7.78. The molecule has 1 aliphatic heterocycles. The average molecular weight is 441 g/mol. The number of hydrogen-bond donors (Lipinski definition) is 2. The standard InChI is InChI=1S/C25H36N4O3/c1-5-32-24-11-6-20(16-19(24)2)17-27-25(26-3)28-18-23(29-12-14-31-15-13-29)21-7-9-22(30-4)10-8-21/h6-11,16,23H,5,12-15,17-18H2,1-4H3,(H2,26,27,28). The number of aliphatic imine (C=N–C) groups is 1. The van der Waals surface area contributed by atoms with Crippen molar-refractivity contribution in [2.75, 3.05) is 53.6 Å². The molecule has 2 aromatic carbocycles. The minimum absolute atomic E-state index is 0.219. The Labute approximate surface area is 191 Å². The number of nitrogens with zero attached hydrogens (tertiary/aromatic N) is 2. The molecule has 1 unspecified atom stereocenters. The van der Waals surface area contributed by atoms with Crippen LogP contribution < -0.4 is 20.1 Å². The number of guanidine groups is 1. The Morgan fingerprint density at radius 1 is 1.12 bits per heavy atom. The van der Waals surface area contributed by atoms with Gasteiger partial charge in [0.1, 0.15) is 11.5 Å². The van der Waals surface area contributed by atoms with Gasteiger partial charge in [0, 0.05) is 33.2 Å². The van der Waals surface area contributed by atoms with Crippen LogP contribution in [-0.2, 0) is 11.3 Å². The molecule has 32 heavy (non-hydrogen) atoms. The van der Waals surface area contributed by atoms with Gasteiger partial charge in [0.2, 0.25) is 0 Å². The number of hydrogen-bond acceptors (Lipinski definition) is 5. The van der Waals surface area contributed by atoms with Gasteiger partial charge in [-0.25, -0.2) is 0 Å². The predicted molar refractivity (Wildman–Crippen MR) is 129 cm³/mol. The van der Waals surface area contributed by atoms with Crippen LogP contribution in [0, 0.1) is 6.92 Å². The third kappa shape index (κ3) is 6.61. The summed E-state index contributed by atoms with van der Waals surface area (Å²) in [6.07, 6.45) is 0. The Kier molecular flexibility index (Phi) is 9.19. The second kappa shape index (κ2) is 12.3. The van der Waals surface area contributed by atoms with Crippen molar-refractivity contribution in [2.24, 2.45) is 4.99 Å². The van der Waals surface area contributed by atoms with Gasteiger partial charge in [-0.1, -0.05) is 24.3 Å².